The van der Waals surface area contributed by atoms with Gasteiger partial charge in [-0.3, -0.25) is 4.79 Å². The highest BCUT2D eigenvalue weighted by Crippen LogP contribution is 2.21. The minimum absolute atomic E-state index is 0.0139. The second-order valence-electron chi connectivity index (χ2n) is 5.15. The lowest BCUT2D eigenvalue weighted by atomic mass is 10.1. The first-order chi connectivity index (χ1) is 10.5. The van der Waals surface area contributed by atoms with Gasteiger partial charge in [0.1, 0.15) is 16.9 Å². The fourth-order valence-electron chi connectivity index (χ4n) is 1.99. The number of aromatic hydroxyl groups is 1. The molecule has 0 aliphatic carbocycles. The average molecular weight is 320 g/mol. The first kappa shape index (κ1) is 16.5. The van der Waals surface area contributed by atoms with Crippen LogP contribution in [0, 0.1) is 0 Å². The number of thiazole rings is 1. The minimum Gasteiger partial charge on any atom is -0.508 e. The Balaban J connectivity index is 1.95. The number of phenols is 1. The normalized spacial score (nSPS) is 12.1. The lowest BCUT2D eigenvalue weighted by molar-refractivity contribution is -0.129. The van der Waals surface area contributed by atoms with E-state index in [4.69, 9.17) is 4.74 Å². The van der Waals surface area contributed by atoms with Crippen molar-refractivity contribution >= 4 is 17.2 Å². The molecule has 1 amide bonds. The van der Waals surface area contributed by atoms with Crippen molar-refractivity contribution in [2.45, 2.75) is 26.0 Å². The van der Waals surface area contributed by atoms with Gasteiger partial charge in [-0.05, 0) is 24.6 Å². The largest absolute Gasteiger partial charge is 0.508 e. The molecule has 118 valence electrons. The molecule has 0 bridgehead atoms. The lowest BCUT2D eigenvalue weighted by Gasteiger charge is -2.16. The summed E-state index contributed by atoms with van der Waals surface area (Å²) < 4.78 is 5.24. The molecule has 0 radical (unpaired) electrons. The number of nitrogens with zero attached hydrogens (tertiary/aromatic N) is 2. The van der Waals surface area contributed by atoms with Gasteiger partial charge in [-0.25, -0.2) is 4.98 Å². The van der Waals surface area contributed by atoms with Crippen LogP contribution in [-0.2, 0) is 22.5 Å². The maximum atomic E-state index is 12.2. The third-order valence-corrected chi connectivity index (χ3v) is 4.42. The fraction of sp³-hybridized carbons (Fsp3) is 0.375. The van der Waals surface area contributed by atoms with Crippen LogP contribution in [0.15, 0.2) is 29.6 Å². The van der Waals surface area contributed by atoms with Crippen molar-refractivity contribution in [1.29, 1.82) is 0 Å². The molecule has 1 heterocycles. The van der Waals surface area contributed by atoms with E-state index in [2.05, 4.69) is 4.98 Å². The molecule has 5 nitrogen and oxygen atoms in total. The summed E-state index contributed by atoms with van der Waals surface area (Å²) in [6.45, 7) is 2.41. The molecule has 2 rings (SSSR count). The first-order valence-corrected chi connectivity index (χ1v) is 7.86. The number of phenolic OH excluding ortho intramolecular Hbond substituents is 1. The molecule has 0 fully saturated rings. The molecule has 0 aliphatic rings. The summed E-state index contributed by atoms with van der Waals surface area (Å²) in [7, 11) is 3.40. The molecular formula is C16H20N2O3S. The summed E-state index contributed by atoms with van der Waals surface area (Å²) in [6.07, 6.45) is 0.225. The molecule has 2 aromatic rings. The topological polar surface area (TPSA) is 62.7 Å². The number of methoxy groups -OCH3 is 1. The Labute approximate surface area is 134 Å². The summed E-state index contributed by atoms with van der Waals surface area (Å²) in [6, 6.07) is 6.75. The van der Waals surface area contributed by atoms with E-state index in [0.29, 0.717) is 6.54 Å². The molecule has 6 heteroatoms. The Kier molecular flexibility index (Phi) is 5.51. The molecule has 0 saturated heterocycles. The quantitative estimate of drug-likeness (QED) is 0.889. The van der Waals surface area contributed by atoms with Crippen LogP contribution < -0.4 is 0 Å². The summed E-state index contributed by atoms with van der Waals surface area (Å²) in [5.74, 6) is 0.158. The number of ether oxygens (including phenoxy) is 1. The zero-order valence-corrected chi connectivity index (χ0v) is 13.8. The van der Waals surface area contributed by atoms with E-state index in [0.717, 1.165) is 16.3 Å². The SMILES string of the molecule is CO[C@H](C)c1nc(CN(C)C(=O)Cc2cccc(O)c2)cs1. The highest BCUT2D eigenvalue weighted by atomic mass is 32.1. The summed E-state index contributed by atoms with van der Waals surface area (Å²) >= 11 is 1.53. The van der Waals surface area contributed by atoms with E-state index >= 15 is 0 Å². The number of rotatable bonds is 6. The molecule has 1 atom stereocenters. The van der Waals surface area contributed by atoms with Gasteiger partial charge in [0.25, 0.3) is 0 Å². The van der Waals surface area contributed by atoms with Gasteiger partial charge >= 0.3 is 0 Å². The van der Waals surface area contributed by atoms with Gasteiger partial charge < -0.3 is 14.7 Å². The molecular weight excluding hydrogens is 300 g/mol. The molecule has 0 unspecified atom stereocenters. The standard InChI is InChI=1S/C16H20N2O3S/c1-11(21-3)16-17-13(10-22-16)9-18(2)15(20)8-12-5-4-6-14(19)7-12/h4-7,10-11,19H,8-9H2,1-3H3/t11-/m1/s1. The maximum Gasteiger partial charge on any atom is 0.227 e. The van der Waals surface area contributed by atoms with Gasteiger partial charge in [0.05, 0.1) is 18.7 Å². The van der Waals surface area contributed by atoms with E-state index in [1.807, 2.05) is 18.4 Å². The average Bonchev–Trinajstić information content (AvgIpc) is 2.95. The van der Waals surface area contributed by atoms with Crippen LogP contribution >= 0.6 is 11.3 Å². The number of amides is 1. The van der Waals surface area contributed by atoms with Crippen molar-refractivity contribution in [3.63, 3.8) is 0 Å². The highest BCUT2D eigenvalue weighted by molar-refractivity contribution is 7.09. The monoisotopic (exact) mass is 320 g/mol. The van der Waals surface area contributed by atoms with E-state index in [1.54, 1.807) is 37.3 Å². The smallest absolute Gasteiger partial charge is 0.227 e. The summed E-state index contributed by atoms with van der Waals surface area (Å²) in [5.41, 5.74) is 1.65. The minimum atomic E-state index is -0.0351. The second kappa shape index (κ2) is 7.38. The van der Waals surface area contributed by atoms with E-state index in [-0.39, 0.29) is 24.2 Å². The molecule has 1 aromatic heterocycles. The molecule has 0 aliphatic heterocycles. The zero-order valence-electron chi connectivity index (χ0n) is 12.9. The number of hydrogen-bond acceptors (Lipinski definition) is 5. The Morgan fingerprint density at radius 3 is 2.95 bits per heavy atom. The van der Waals surface area contributed by atoms with Gasteiger partial charge in [0.2, 0.25) is 5.91 Å². The number of hydrogen-bond donors (Lipinski definition) is 1. The van der Waals surface area contributed by atoms with E-state index in [1.165, 1.54) is 11.3 Å². The number of carbonyl (C=O) groups excluding carboxylic acids is 1. The van der Waals surface area contributed by atoms with Crippen molar-refractivity contribution in [3.05, 3.63) is 45.9 Å². The number of carbonyl (C=O) groups is 1. The van der Waals surface area contributed by atoms with Crippen LogP contribution in [0.5, 0.6) is 5.75 Å². The van der Waals surface area contributed by atoms with Crippen molar-refractivity contribution in [2.75, 3.05) is 14.2 Å². The Morgan fingerprint density at radius 1 is 1.50 bits per heavy atom. The van der Waals surface area contributed by atoms with Crippen LogP contribution in [0.2, 0.25) is 0 Å². The summed E-state index contributed by atoms with van der Waals surface area (Å²) in [5, 5.41) is 12.3. The number of benzene rings is 1. The van der Waals surface area contributed by atoms with Gasteiger partial charge in [-0.1, -0.05) is 12.1 Å². The fourth-order valence-corrected chi connectivity index (χ4v) is 2.83. The van der Waals surface area contributed by atoms with Gasteiger partial charge in [-0.2, -0.15) is 0 Å². The Hall–Kier alpha value is -1.92. The van der Waals surface area contributed by atoms with Crippen LogP contribution in [0.1, 0.15) is 29.3 Å². The van der Waals surface area contributed by atoms with E-state index < -0.39 is 0 Å². The predicted molar refractivity (Wildman–Crippen MR) is 85.8 cm³/mol. The third-order valence-electron chi connectivity index (χ3n) is 3.36. The van der Waals surface area contributed by atoms with Gasteiger partial charge in [0, 0.05) is 19.5 Å². The van der Waals surface area contributed by atoms with Crippen LogP contribution in [0.3, 0.4) is 0 Å². The van der Waals surface area contributed by atoms with Gasteiger partial charge in [-0.15, -0.1) is 11.3 Å². The second-order valence-corrected chi connectivity index (χ2v) is 6.04. The lowest BCUT2D eigenvalue weighted by Crippen LogP contribution is -2.27. The maximum absolute atomic E-state index is 12.2. The van der Waals surface area contributed by atoms with Crippen molar-refractivity contribution in [2.24, 2.45) is 0 Å². The number of likely N-dealkylation sites (N-methyl/N-ethyl adjacent to an activating group) is 1. The molecule has 1 aromatic carbocycles. The predicted octanol–water partition coefficient (Wildman–Crippen LogP) is 2.76. The van der Waals surface area contributed by atoms with E-state index in [9.17, 15) is 9.90 Å². The van der Waals surface area contributed by atoms with Crippen molar-refractivity contribution in [3.8, 4) is 5.75 Å². The molecule has 1 N–H and O–H groups in total. The highest BCUT2D eigenvalue weighted by Gasteiger charge is 2.14. The summed E-state index contributed by atoms with van der Waals surface area (Å²) in [4.78, 5) is 18.3. The Morgan fingerprint density at radius 2 is 2.27 bits per heavy atom. The van der Waals surface area contributed by atoms with Crippen molar-refractivity contribution in [1.82, 2.24) is 9.88 Å². The van der Waals surface area contributed by atoms with Crippen LogP contribution in [-0.4, -0.2) is 35.1 Å². The van der Waals surface area contributed by atoms with Gasteiger partial charge in [0.15, 0.2) is 0 Å². The van der Waals surface area contributed by atoms with Crippen molar-refractivity contribution < 1.29 is 14.6 Å². The van der Waals surface area contributed by atoms with Crippen LogP contribution in [0.4, 0.5) is 0 Å². The zero-order chi connectivity index (χ0) is 16.1. The number of aromatic nitrogens is 1. The Bertz CT molecular complexity index is 642. The first-order valence-electron chi connectivity index (χ1n) is 6.98. The third kappa shape index (κ3) is 4.29. The molecule has 0 spiro atoms. The molecule has 22 heavy (non-hydrogen) atoms. The van der Waals surface area contributed by atoms with Crippen LogP contribution in [0.25, 0.3) is 0 Å². The molecule has 0 saturated carbocycles.